The smallest absolute Gasteiger partial charge is 0.0471 e. The van der Waals surface area contributed by atoms with Crippen molar-refractivity contribution in [1.82, 2.24) is 0 Å². The summed E-state index contributed by atoms with van der Waals surface area (Å²) in [4.78, 5) is 0. The maximum atomic E-state index is 4.29. The van der Waals surface area contributed by atoms with E-state index in [1.165, 1.54) is 19.3 Å². The molecule has 0 aliphatic heterocycles. The van der Waals surface area contributed by atoms with E-state index in [1.807, 2.05) is 0 Å². The molecule has 0 saturated carbocycles. The van der Waals surface area contributed by atoms with Crippen LogP contribution in [-0.2, 0) is 0 Å². The molecule has 0 spiro atoms. The third kappa shape index (κ3) is 5.33. The summed E-state index contributed by atoms with van der Waals surface area (Å²) in [6, 6.07) is 0. The van der Waals surface area contributed by atoms with Crippen molar-refractivity contribution in [3.05, 3.63) is 6.92 Å². The standard InChI is InChI=1S/C13H27/c1-7-13(9-8-10(2)3)12(6)11(4)5/h10-13H,6-9H2,1-5H3/q-1. The maximum Gasteiger partial charge on any atom is -0.0471 e. The number of rotatable bonds is 6. The second kappa shape index (κ2) is 6.45. The molecule has 0 amide bonds. The average molecular weight is 183 g/mol. The first kappa shape index (κ1) is 13.0. The van der Waals surface area contributed by atoms with E-state index in [0.717, 1.165) is 17.8 Å². The van der Waals surface area contributed by atoms with Crippen LogP contribution in [0.4, 0.5) is 0 Å². The Kier molecular flexibility index (Phi) is 6.45. The second-order valence-corrected chi connectivity index (χ2v) is 5.05. The monoisotopic (exact) mass is 183 g/mol. The van der Waals surface area contributed by atoms with Crippen LogP contribution in [0.15, 0.2) is 0 Å². The fourth-order valence-electron chi connectivity index (χ4n) is 1.81. The molecule has 2 unspecified atom stereocenters. The summed E-state index contributed by atoms with van der Waals surface area (Å²) in [5.41, 5.74) is 0. The number of hydrogen-bond acceptors (Lipinski definition) is 0. The first-order chi connectivity index (χ1) is 5.99. The Morgan fingerprint density at radius 2 is 1.54 bits per heavy atom. The molecule has 0 bridgehead atoms. The lowest BCUT2D eigenvalue weighted by Crippen LogP contribution is -2.17. The van der Waals surface area contributed by atoms with Crippen LogP contribution in [0.3, 0.4) is 0 Å². The van der Waals surface area contributed by atoms with E-state index in [1.54, 1.807) is 0 Å². The molecule has 0 fully saturated rings. The summed E-state index contributed by atoms with van der Waals surface area (Å²) < 4.78 is 0. The van der Waals surface area contributed by atoms with Crippen LogP contribution in [0.1, 0.15) is 53.9 Å². The minimum Gasteiger partial charge on any atom is -0.340 e. The van der Waals surface area contributed by atoms with E-state index in [2.05, 4.69) is 41.5 Å². The van der Waals surface area contributed by atoms with Crippen molar-refractivity contribution in [3.8, 4) is 0 Å². The van der Waals surface area contributed by atoms with Crippen LogP contribution in [0, 0.1) is 30.6 Å². The Hall–Kier alpha value is 0. The SMILES string of the molecule is [CH2-]C(C(C)C)C(CC)CCC(C)C. The lowest BCUT2D eigenvalue weighted by molar-refractivity contribution is 0.269. The minimum absolute atomic E-state index is 0.642. The Labute approximate surface area is 85.1 Å². The van der Waals surface area contributed by atoms with Crippen LogP contribution in [0.5, 0.6) is 0 Å². The van der Waals surface area contributed by atoms with Gasteiger partial charge in [0.2, 0.25) is 0 Å². The van der Waals surface area contributed by atoms with Gasteiger partial charge in [-0.05, 0) is 5.92 Å². The normalized spacial score (nSPS) is 16.6. The predicted octanol–water partition coefficient (Wildman–Crippen LogP) is 4.56. The van der Waals surface area contributed by atoms with Crippen molar-refractivity contribution in [1.29, 1.82) is 0 Å². The number of hydrogen-bond donors (Lipinski definition) is 0. The van der Waals surface area contributed by atoms with Gasteiger partial charge in [0, 0.05) is 0 Å². The lowest BCUT2D eigenvalue weighted by Gasteiger charge is -2.32. The van der Waals surface area contributed by atoms with Crippen molar-refractivity contribution in [3.63, 3.8) is 0 Å². The van der Waals surface area contributed by atoms with E-state index in [9.17, 15) is 0 Å². The zero-order valence-corrected chi connectivity index (χ0v) is 10.1. The van der Waals surface area contributed by atoms with Crippen molar-refractivity contribution in [2.24, 2.45) is 23.7 Å². The van der Waals surface area contributed by atoms with Crippen molar-refractivity contribution < 1.29 is 0 Å². The highest BCUT2D eigenvalue weighted by Crippen LogP contribution is 2.28. The summed E-state index contributed by atoms with van der Waals surface area (Å²) >= 11 is 0. The topological polar surface area (TPSA) is 0 Å². The Morgan fingerprint density at radius 3 is 1.85 bits per heavy atom. The van der Waals surface area contributed by atoms with E-state index in [0.29, 0.717) is 5.92 Å². The zero-order chi connectivity index (χ0) is 10.4. The van der Waals surface area contributed by atoms with Gasteiger partial charge < -0.3 is 6.92 Å². The third-order valence-corrected chi connectivity index (χ3v) is 3.10. The summed E-state index contributed by atoms with van der Waals surface area (Å²) in [5, 5.41) is 0. The van der Waals surface area contributed by atoms with Gasteiger partial charge in [0.1, 0.15) is 0 Å². The van der Waals surface area contributed by atoms with E-state index < -0.39 is 0 Å². The summed E-state index contributed by atoms with van der Waals surface area (Å²) in [5.74, 6) is 3.05. The zero-order valence-electron chi connectivity index (χ0n) is 10.1. The van der Waals surface area contributed by atoms with Crippen LogP contribution in [0.25, 0.3) is 0 Å². The highest BCUT2D eigenvalue weighted by molar-refractivity contribution is 4.74. The lowest BCUT2D eigenvalue weighted by atomic mass is 9.80. The molecule has 0 heteroatoms. The highest BCUT2D eigenvalue weighted by Gasteiger charge is 2.13. The van der Waals surface area contributed by atoms with Crippen LogP contribution >= 0.6 is 0 Å². The molecule has 0 nitrogen and oxygen atoms in total. The molecule has 80 valence electrons. The molecule has 13 heavy (non-hydrogen) atoms. The first-order valence-corrected chi connectivity index (χ1v) is 5.82. The molecule has 0 aliphatic rings. The molecule has 0 aromatic heterocycles. The molecule has 0 heterocycles. The van der Waals surface area contributed by atoms with E-state index in [4.69, 9.17) is 0 Å². The molecule has 0 rings (SSSR count). The van der Waals surface area contributed by atoms with Gasteiger partial charge >= 0.3 is 0 Å². The van der Waals surface area contributed by atoms with Crippen LogP contribution in [-0.4, -0.2) is 0 Å². The molecule has 0 aromatic rings. The first-order valence-electron chi connectivity index (χ1n) is 5.82. The summed E-state index contributed by atoms with van der Waals surface area (Å²) in [7, 11) is 0. The molecule has 0 saturated heterocycles. The van der Waals surface area contributed by atoms with Gasteiger partial charge in [0.05, 0.1) is 0 Å². The maximum absolute atomic E-state index is 4.29. The third-order valence-electron chi connectivity index (χ3n) is 3.10. The predicted molar refractivity (Wildman–Crippen MR) is 61.5 cm³/mol. The Morgan fingerprint density at radius 1 is 1.00 bits per heavy atom. The van der Waals surface area contributed by atoms with E-state index in [-0.39, 0.29) is 0 Å². The molecule has 0 N–H and O–H groups in total. The van der Waals surface area contributed by atoms with Gasteiger partial charge in [-0.15, -0.1) is 0 Å². The molecule has 0 aromatic carbocycles. The largest absolute Gasteiger partial charge is 0.340 e. The van der Waals surface area contributed by atoms with Gasteiger partial charge in [-0.2, -0.15) is 5.92 Å². The van der Waals surface area contributed by atoms with Crippen molar-refractivity contribution in [2.45, 2.75) is 53.9 Å². The Balaban J connectivity index is 3.87. The van der Waals surface area contributed by atoms with Crippen molar-refractivity contribution >= 4 is 0 Å². The van der Waals surface area contributed by atoms with Gasteiger partial charge in [0.25, 0.3) is 0 Å². The molecule has 2 atom stereocenters. The Bertz CT molecular complexity index is 113. The molecular formula is C13H27-. The fraction of sp³-hybridized carbons (Fsp3) is 0.923. The van der Waals surface area contributed by atoms with Gasteiger partial charge in [0.15, 0.2) is 0 Å². The minimum atomic E-state index is 0.642. The van der Waals surface area contributed by atoms with Crippen LogP contribution in [0.2, 0.25) is 0 Å². The van der Waals surface area contributed by atoms with Crippen molar-refractivity contribution in [2.75, 3.05) is 0 Å². The van der Waals surface area contributed by atoms with Gasteiger partial charge in [-0.1, -0.05) is 65.7 Å². The second-order valence-electron chi connectivity index (χ2n) is 5.05. The average Bonchev–Trinajstić information content (AvgIpc) is 2.04. The fourth-order valence-corrected chi connectivity index (χ4v) is 1.81. The van der Waals surface area contributed by atoms with Gasteiger partial charge in [-0.25, -0.2) is 0 Å². The molecular weight excluding hydrogens is 156 g/mol. The molecule has 0 aliphatic carbocycles. The molecule has 0 radical (unpaired) electrons. The highest BCUT2D eigenvalue weighted by atomic mass is 14.2. The summed E-state index contributed by atoms with van der Waals surface area (Å²) in [6.45, 7) is 15.8. The van der Waals surface area contributed by atoms with Gasteiger partial charge in [-0.3, -0.25) is 0 Å². The van der Waals surface area contributed by atoms with E-state index >= 15 is 0 Å². The van der Waals surface area contributed by atoms with Crippen LogP contribution < -0.4 is 0 Å². The summed E-state index contributed by atoms with van der Waals surface area (Å²) in [6.07, 6.45) is 4.01. The quantitative estimate of drug-likeness (QED) is 0.530.